The Morgan fingerprint density at radius 3 is 2.81 bits per heavy atom. The molecule has 0 aliphatic heterocycles. The van der Waals surface area contributed by atoms with Crippen molar-refractivity contribution in [3.05, 3.63) is 53.1 Å². The molecule has 2 N–H and O–H groups in total. The van der Waals surface area contributed by atoms with E-state index in [0.29, 0.717) is 16.5 Å². The van der Waals surface area contributed by atoms with Crippen molar-refractivity contribution in [2.45, 2.75) is 13.3 Å². The Bertz CT molecular complexity index is 781. The summed E-state index contributed by atoms with van der Waals surface area (Å²) in [6.45, 7) is 2.11. The summed E-state index contributed by atoms with van der Waals surface area (Å²) in [5.74, 6) is 0.591. The highest BCUT2D eigenvalue weighted by atomic mass is 35.5. The Morgan fingerprint density at radius 2 is 2.05 bits per heavy atom. The molecule has 3 aromatic rings. The Kier molecular flexibility index (Phi) is 3.58. The number of nitrogens with two attached hydrogens (primary N) is 1. The van der Waals surface area contributed by atoms with E-state index < -0.39 is 0 Å². The van der Waals surface area contributed by atoms with E-state index in [9.17, 15) is 0 Å². The predicted octanol–water partition coefficient (Wildman–Crippen LogP) is 3.13. The van der Waals surface area contributed by atoms with Crippen LogP contribution in [0.3, 0.4) is 0 Å². The molecule has 3 rings (SSSR count). The van der Waals surface area contributed by atoms with Crippen molar-refractivity contribution in [1.82, 2.24) is 20.2 Å². The fourth-order valence-corrected chi connectivity index (χ4v) is 2.42. The maximum atomic E-state index is 6.25. The first-order chi connectivity index (χ1) is 10.2. The minimum absolute atomic E-state index is 0.526. The van der Waals surface area contributed by atoms with Gasteiger partial charge in [0.2, 0.25) is 0 Å². The van der Waals surface area contributed by atoms with Crippen molar-refractivity contribution in [1.29, 1.82) is 0 Å². The summed E-state index contributed by atoms with van der Waals surface area (Å²) in [7, 11) is 0. The molecule has 1 heterocycles. The van der Waals surface area contributed by atoms with Crippen molar-refractivity contribution in [3.63, 3.8) is 0 Å². The number of tetrazole rings is 1. The van der Waals surface area contributed by atoms with E-state index in [0.717, 1.165) is 17.7 Å². The highest BCUT2D eigenvalue weighted by molar-refractivity contribution is 6.33. The van der Waals surface area contributed by atoms with Crippen molar-refractivity contribution in [3.8, 4) is 17.1 Å². The van der Waals surface area contributed by atoms with Crippen LogP contribution in [0.25, 0.3) is 17.1 Å². The maximum absolute atomic E-state index is 6.25. The van der Waals surface area contributed by atoms with Crippen LogP contribution >= 0.6 is 11.6 Å². The van der Waals surface area contributed by atoms with Crippen LogP contribution in [0, 0.1) is 0 Å². The van der Waals surface area contributed by atoms with E-state index >= 15 is 0 Å². The molecule has 0 aliphatic carbocycles. The standard InChI is InChI=1S/C15H14ClN5/c1-2-10-4-3-5-12(8-10)21-15(18-19-20-21)13-7-6-11(17)9-14(13)16/h3-9H,2,17H2,1H3. The van der Waals surface area contributed by atoms with Gasteiger partial charge < -0.3 is 5.73 Å². The molecule has 0 aliphatic rings. The molecule has 21 heavy (non-hydrogen) atoms. The second-order valence-electron chi connectivity index (χ2n) is 4.68. The van der Waals surface area contributed by atoms with Crippen LogP contribution in [0.15, 0.2) is 42.5 Å². The lowest BCUT2D eigenvalue weighted by Crippen LogP contribution is -2.01. The zero-order chi connectivity index (χ0) is 14.8. The minimum atomic E-state index is 0.526. The second-order valence-corrected chi connectivity index (χ2v) is 5.08. The van der Waals surface area contributed by atoms with Crippen LogP contribution in [0.2, 0.25) is 5.02 Å². The van der Waals surface area contributed by atoms with Crippen LogP contribution in [0.1, 0.15) is 12.5 Å². The van der Waals surface area contributed by atoms with Crippen molar-refractivity contribution < 1.29 is 0 Å². The molecular weight excluding hydrogens is 286 g/mol. The average molecular weight is 300 g/mol. The van der Waals surface area contributed by atoms with E-state index in [1.54, 1.807) is 16.8 Å². The largest absolute Gasteiger partial charge is 0.399 e. The molecule has 6 heteroatoms. The number of hydrogen-bond donors (Lipinski definition) is 1. The van der Waals surface area contributed by atoms with E-state index in [1.807, 2.05) is 18.2 Å². The van der Waals surface area contributed by atoms with Gasteiger partial charge in [0.1, 0.15) is 0 Å². The van der Waals surface area contributed by atoms with Gasteiger partial charge in [0.05, 0.1) is 10.7 Å². The molecule has 0 saturated carbocycles. The van der Waals surface area contributed by atoms with E-state index in [1.165, 1.54) is 5.56 Å². The molecule has 1 aromatic heterocycles. The Balaban J connectivity index is 2.12. The fraction of sp³-hybridized carbons (Fsp3) is 0.133. The van der Waals surface area contributed by atoms with Gasteiger partial charge in [0, 0.05) is 11.3 Å². The average Bonchev–Trinajstić information content (AvgIpc) is 2.96. The highest BCUT2D eigenvalue weighted by Crippen LogP contribution is 2.29. The monoisotopic (exact) mass is 299 g/mol. The van der Waals surface area contributed by atoms with Gasteiger partial charge >= 0.3 is 0 Å². The summed E-state index contributed by atoms with van der Waals surface area (Å²) in [5, 5.41) is 12.4. The van der Waals surface area contributed by atoms with Crippen LogP contribution in [0.4, 0.5) is 5.69 Å². The van der Waals surface area contributed by atoms with Crippen molar-refractivity contribution in [2.24, 2.45) is 0 Å². The molecule has 0 radical (unpaired) electrons. The van der Waals surface area contributed by atoms with Gasteiger partial charge in [-0.25, -0.2) is 0 Å². The molecule has 5 nitrogen and oxygen atoms in total. The molecule has 2 aromatic carbocycles. The number of nitrogen functional groups attached to an aromatic ring is 1. The normalized spacial score (nSPS) is 10.8. The zero-order valence-corrected chi connectivity index (χ0v) is 12.2. The van der Waals surface area contributed by atoms with Crippen LogP contribution in [-0.2, 0) is 6.42 Å². The SMILES string of the molecule is CCc1cccc(-n2nnnc2-c2ccc(N)cc2Cl)c1. The third-order valence-electron chi connectivity index (χ3n) is 3.27. The molecule has 106 valence electrons. The number of rotatable bonds is 3. The van der Waals surface area contributed by atoms with Crippen LogP contribution < -0.4 is 5.73 Å². The summed E-state index contributed by atoms with van der Waals surface area (Å²) < 4.78 is 1.68. The number of anilines is 1. The topological polar surface area (TPSA) is 69.6 Å². The zero-order valence-electron chi connectivity index (χ0n) is 11.5. The molecule has 0 atom stereocenters. The quantitative estimate of drug-likeness (QED) is 0.754. The first-order valence-electron chi connectivity index (χ1n) is 6.62. The smallest absolute Gasteiger partial charge is 0.188 e. The minimum Gasteiger partial charge on any atom is -0.399 e. The molecular formula is C15H14ClN5. The van der Waals surface area contributed by atoms with Gasteiger partial charge in [-0.3, -0.25) is 0 Å². The third-order valence-corrected chi connectivity index (χ3v) is 3.58. The maximum Gasteiger partial charge on any atom is 0.188 e. The summed E-state index contributed by atoms with van der Waals surface area (Å²) in [6, 6.07) is 13.4. The fourth-order valence-electron chi connectivity index (χ4n) is 2.15. The molecule has 0 amide bonds. The highest BCUT2D eigenvalue weighted by Gasteiger charge is 2.14. The van der Waals surface area contributed by atoms with Crippen LogP contribution in [-0.4, -0.2) is 20.2 Å². The number of aromatic nitrogens is 4. The van der Waals surface area contributed by atoms with Gasteiger partial charge in [-0.15, -0.1) is 5.10 Å². The molecule has 0 unspecified atom stereocenters. The lowest BCUT2D eigenvalue weighted by atomic mass is 10.1. The third kappa shape index (κ3) is 2.60. The number of nitrogens with zero attached hydrogens (tertiary/aromatic N) is 4. The Labute approximate surface area is 127 Å². The lowest BCUT2D eigenvalue weighted by molar-refractivity contribution is 0.790. The van der Waals surface area contributed by atoms with Gasteiger partial charge in [0.25, 0.3) is 0 Å². The predicted molar refractivity (Wildman–Crippen MR) is 83.4 cm³/mol. The number of hydrogen-bond acceptors (Lipinski definition) is 4. The van der Waals surface area contributed by atoms with E-state index in [2.05, 4.69) is 34.6 Å². The van der Waals surface area contributed by atoms with Crippen molar-refractivity contribution >= 4 is 17.3 Å². The van der Waals surface area contributed by atoms with E-state index in [4.69, 9.17) is 17.3 Å². The van der Waals surface area contributed by atoms with Gasteiger partial charge in [-0.1, -0.05) is 30.7 Å². The first kappa shape index (κ1) is 13.6. The molecule has 0 bridgehead atoms. The summed E-state index contributed by atoms with van der Waals surface area (Å²) in [4.78, 5) is 0. The molecule has 0 spiro atoms. The lowest BCUT2D eigenvalue weighted by Gasteiger charge is -2.08. The summed E-state index contributed by atoms with van der Waals surface area (Å²) in [6.07, 6.45) is 0.952. The first-order valence-corrected chi connectivity index (χ1v) is 7.00. The van der Waals surface area contributed by atoms with E-state index in [-0.39, 0.29) is 0 Å². The summed E-state index contributed by atoms with van der Waals surface area (Å²) >= 11 is 6.25. The molecule has 0 saturated heterocycles. The number of aryl methyl sites for hydroxylation is 1. The van der Waals surface area contributed by atoms with Gasteiger partial charge in [-0.05, 0) is 52.7 Å². The number of benzene rings is 2. The van der Waals surface area contributed by atoms with Crippen molar-refractivity contribution in [2.75, 3.05) is 5.73 Å². The van der Waals surface area contributed by atoms with Gasteiger partial charge in [0.15, 0.2) is 5.82 Å². The number of halogens is 1. The molecule has 0 fully saturated rings. The Hall–Kier alpha value is -2.40. The Morgan fingerprint density at radius 1 is 1.19 bits per heavy atom. The van der Waals surface area contributed by atoms with Crippen LogP contribution in [0.5, 0.6) is 0 Å². The van der Waals surface area contributed by atoms with Gasteiger partial charge in [-0.2, -0.15) is 4.68 Å². The second kappa shape index (κ2) is 5.54. The summed E-state index contributed by atoms with van der Waals surface area (Å²) in [5.41, 5.74) is 9.20.